The van der Waals surface area contributed by atoms with E-state index >= 15 is 0 Å². The smallest absolute Gasteiger partial charge is 0.264 e. The lowest BCUT2D eigenvalue weighted by Gasteiger charge is -2.23. The predicted octanol–water partition coefficient (Wildman–Crippen LogP) is 3.60. The van der Waals surface area contributed by atoms with E-state index in [2.05, 4.69) is 0 Å². The number of methoxy groups -OCH3 is 3. The molecule has 0 saturated heterocycles. The number of aliphatic hydroxyl groups is 1. The summed E-state index contributed by atoms with van der Waals surface area (Å²) < 4.78 is 21.6. The maximum Gasteiger partial charge on any atom is 0.264 e. The molecule has 182 valence electrons. The van der Waals surface area contributed by atoms with E-state index in [-0.39, 0.29) is 13.2 Å². The lowest BCUT2D eigenvalue weighted by atomic mass is 9.88. The van der Waals surface area contributed by atoms with E-state index in [9.17, 15) is 14.7 Å². The highest BCUT2D eigenvalue weighted by Gasteiger charge is 2.50. The van der Waals surface area contributed by atoms with Crippen LogP contribution in [0.5, 0.6) is 23.0 Å². The minimum absolute atomic E-state index is 0.167. The molecule has 4 rings (SSSR count). The first-order valence-corrected chi connectivity index (χ1v) is 11.1. The number of para-hydroxylation sites is 3. The third-order valence-electron chi connectivity index (χ3n) is 6.00. The summed E-state index contributed by atoms with van der Waals surface area (Å²) >= 11 is 0. The SMILES string of the molecule is COc1ccc(C(=O)C[C@@]2(O)C(=O)N(CCOc3ccccc3OC)c3ccccc32)cc1OC. The van der Waals surface area contributed by atoms with Crippen LogP contribution in [0.4, 0.5) is 5.69 Å². The van der Waals surface area contributed by atoms with Crippen molar-refractivity contribution in [2.45, 2.75) is 12.0 Å². The number of ketones is 1. The molecule has 3 aromatic rings. The average molecular weight is 478 g/mol. The van der Waals surface area contributed by atoms with Gasteiger partial charge in [-0.2, -0.15) is 0 Å². The molecule has 1 aliphatic heterocycles. The second-order valence-electron chi connectivity index (χ2n) is 8.00. The molecule has 1 atom stereocenters. The van der Waals surface area contributed by atoms with Gasteiger partial charge in [-0.25, -0.2) is 0 Å². The van der Waals surface area contributed by atoms with E-state index in [1.807, 2.05) is 12.1 Å². The Morgan fingerprint density at radius 3 is 2.20 bits per heavy atom. The van der Waals surface area contributed by atoms with Gasteiger partial charge in [0.25, 0.3) is 5.91 Å². The number of nitrogens with zero attached hydrogens (tertiary/aromatic N) is 1. The van der Waals surface area contributed by atoms with Crippen LogP contribution in [-0.4, -0.2) is 51.3 Å². The van der Waals surface area contributed by atoms with Gasteiger partial charge in [0.1, 0.15) is 6.61 Å². The highest BCUT2D eigenvalue weighted by atomic mass is 16.5. The number of rotatable bonds is 10. The van der Waals surface area contributed by atoms with Crippen molar-refractivity contribution < 1.29 is 33.6 Å². The third-order valence-corrected chi connectivity index (χ3v) is 6.00. The van der Waals surface area contributed by atoms with Crippen LogP contribution in [-0.2, 0) is 10.4 Å². The van der Waals surface area contributed by atoms with E-state index in [0.717, 1.165) is 0 Å². The van der Waals surface area contributed by atoms with Gasteiger partial charge in [0, 0.05) is 11.1 Å². The summed E-state index contributed by atoms with van der Waals surface area (Å²) in [5.74, 6) is 1.02. The summed E-state index contributed by atoms with van der Waals surface area (Å²) in [6.45, 7) is 0.348. The number of anilines is 1. The third kappa shape index (κ3) is 4.52. The number of fused-ring (bicyclic) bond motifs is 1. The number of hydrogen-bond acceptors (Lipinski definition) is 7. The lowest BCUT2D eigenvalue weighted by Crippen LogP contribution is -2.43. The van der Waals surface area contributed by atoms with Crippen molar-refractivity contribution >= 4 is 17.4 Å². The maximum absolute atomic E-state index is 13.4. The molecular formula is C27H27NO7. The summed E-state index contributed by atoms with van der Waals surface area (Å²) in [5, 5.41) is 11.5. The fraction of sp³-hybridized carbons (Fsp3) is 0.259. The minimum Gasteiger partial charge on any atom is -0.493 e. The fourth-order valence-electron chi connectivity index (χ4n) is 4.23. The maximum atomic E-state index is 13.4. The number of carbonyl (C=O) groups is 2. The summed E-state index contributed by atoms with van der Waals surface area (Å²) in [6.07, 6.45) is -0.414. The molecule has 0 spiro atoms. The highest BCUT2D eigenvalue weighted by molar-refractivity contribution is 6.10. The Morgan fingerprint density at radius 1 is 0.857 bits per heavy atom. The van der Waals surface area contributed by atoms with Crippen LogP contribution in [0.2, 0.25) is 0 Å². The van der Waals surface area contributed by atoms with Crippen LogP contribution in [0.3, 0.4) is 0 Å². The molecule has 8 heteroatoms. The van der Waals surface area contributed by atoms with Gasteiger partial charge in [-0.05, 0) is 36.4 Å². The zero-order valence-corrected chi connectivity index (χ0v) is 19.8. The first kappa shape index (κ1) is 24.1. The Morgan fingerprint density at radius 2 is 1.49 bits per heavy atom. The molecule has 1 heterocycles. The van der Waals surface area contributed by atoms with Crippen LogP contribution in [0, 0.1) is 0 Å². The van der Waals surface area contributed by atoms with Crippen molar-refractivity contribution in [2.75, 3.05) is 39.4 Å². The zero-order chi connectivity index (χ0) is 25.0. The van der Waals surface area contributed by atoms with Gasteiger partial charge >= 0.3 is 0 Å². The molecule has 0 unspecified atom stereocenters. The Bertz CT molecular complexity index is 1240. The van der Waals surface area contributed by atoms with Crippen molar-refractivity contribution in [1.29, 1.82) is 0 Å². The molecule has 35 heavy (non-hydrogen) atoms. The molecule has 0 fully saturated rings. The number of amides is 1. The van der Waals surface area contributed by atoms with E-state index < -0.39 is 23.7 Å². The fourth-order valence-corrected chi connectivity index (χ4v) is 4.23. The number of ether oxygens (including phenoxy) is 4. The molecule has 1 aliphatic rings. The highest BCUT2D eigenvalue weighted by Crippen LogP contribution is 2.43. The Balaban J connectivity index is 1.54. The summed E-state index contributed by atoms with van der Waals surface area (Å²) in [7, 11) is 4.53. The van der Waals surface area contributed by atoms with Crippen molar-refractivity contribution in [3.05, 3.63) is 77.9 Å². The number of hydrogen-bond donors (Lipinski definition) is 1. The van der Waals surface area contributed by atoms with Crippen LogP contribution in [0.1, 0.15) is 22.3 Å². The molecule has 0 radical (unpaired) electrons. The van der Waals surface area contributed by atoms with Crippen LogP contribution >= 0.6 is 0 Å². The molecule has 1 amide bonds. The van der Waals surface area contributed by atoms with Gasteiger partial charge in [0.05, 0.1) is 40.0 Å². The molecule has 8 nitrogen and oxygen atoms in total. The van der Waals surface area contributed by atoms with Gasteiger partial charge in [-0.15, -0.1) is 0 Å². The lowest BCUT2D eigenvalue weighted by molar-refractivity contribution is -0.135. The van der Waals surface area contributed by atoms with Gasteiger partial charge in [-0.1, -0.05) is 30.3 Å². The average Bonchev–Trinajstić information content (AvgIpc) is 3.10. The summed E-state index contributed by atoms with van der Waals surface area (Å²) in [5.41, 5.74) is -0.759. The first-order chi connectivity index (χ1) is 16.9. The van der Waals surface area contributed by atoms with E-state index in [1.54, 1.807) is 55.6 Å². The monoisotopic (exact) mass is 477 g/mol. The molecule has 0 aromatic heterocycles. The second kappa shape index (κ2) is 10.1. The van der Waals surface area contributed by atoms with Crippen LogP contribution < -0.4 is 23.8 Å². The van der Waals surface area contributed by atoms with Gasteiger partial charge in [0.15, 0.2) is 34.4 Å². The Hall–Kier alpha value is -4.04. The molecule has 1 N–H and O–H groups in total. The second-order valence-corrected chi connectivity index (χ2v) is 8.00. The first-order valence-electron chi connectivity index (χ1n) is 11.1. The summed E-state index contributed by atoms with van der Waals surface area (Å²) in [4.78, 5) is 28.0. The van der Waals surface area contributed by atoms with Gasteiger partial charge < -0.3 is 29.0 Å². The Labute approximate surface area is 203 Å². The summed E-state index contributed by atoms with van der Waals surface area (Å²) in [6, 6.07) is 18.9. The number of Topliss-reactive ketones (excluding diaryl/α,β-unsaturated/α-hetero) is 1. The van der Waals surface area contributed by atoms with Crippen LogP contribution in [0.15, 0.2) is 66.7 Å². The van der Waals surface area contributed by atoms with Crippen molar-refractivity contribution in [3.8, 4) is 23.0 Å². The topological polar surface area (TPSA) is 94.5 Å². The number of benzene rings is 3. The van der Waals surface area contributed by atoms with E-state index in [0.29, 0.717) is 39.8 Å². The zero-order valence-electron chi connectivity index (χ0n) is 19.8. The molecule has 0 saturated carbocycles. The van der Waals surface area contributed by atoms with Crippen LogP contribution in [0.25, 0.3) is 0 Å². The van der Waals surface area contributed by atoms with Gasteiger partial charge in [0.2, 0.25) is 0 Å². The normalized spacial score (nSPS) is 16.6. The molecule has 0 bridgehead atoms. The Kier molecular flexibility index (Phi) is 6.93. The van der Waals surface area contributed by atoms with Gasteiger partial charge in [-0.3, -0.25) is 9.59 Å². The molecule has 0 aliphatic carbocycles. The quantitative estimate of drug-likeness (QED) is 0.446. The largest absolute Gasteiger partial charge is 0.493 e. The van der Waals surface area contributed by atoms with E-state index in [1.165, 1.54) is 25.2 Å². The molecule has 3 aromatic carbocycles. The number of carbonyl (C=O) groups excluding carboxylic acids is 2. The minimum atomic E-state index is -1.99. The standard InChI is InChI=1S/C27H27NO7/c1-32-22-10-6-7-11-24(22)35-15-14-28-20-9-5-4-8-19(20)27(31,26(28)30)17-21(29)18-12-13-23(33-2)25(16-18)34-3/h4-13,16,31H,14-15,17H2,1-3H3/t27-/m0/s1. The van der Waals surface area contributed by atoms with Crippen molar-refractivity contribution in [1.82, 2.24) is 0 Å². The predicted molar refractivity (Wildman–Crippen MR) is 130 cm³/mol. The molecular weight excluding hydrogens is 450 g/mol. The van der Waals surface area contributed by atoms with Crippen molar-refractivity contribution in [2.24, 2.45) is 0 Å². The van der Waals surface area contributed by atoms with Crippen molar-refractivity contribution in [3.63, 3.8) is 0 Å². The van der Waals surface area contributed by atoms with E-state index in [4.69, 9.17) is 18.9 Å².